The van der Waals surface area contributed by atoms with Gasteiger partial charge in [0.05, 0.1) is 0 Å². The summed E-state index contributed by atoms with van der Waals surface area (Å²) in [6.45, 7) is 2.51. The highest BCUT2D eigenvalue weighted by atomic mass is 16.5. The lowest BCUT2D eigenvalue weighted by atomic mass is 10.4. The molecule has 1 rings (SSSR count). The van der Waals surface area contributed by atoms with Crippen molar-refractivity contribution in [2.24, 2.45) is 0 Å². The molecule has 1 saturated carbocycles. The summed E-state index contributed by atoms with van der Waals surface area (Å²) < 4.78 is 5.07. The van der Waals surface area contributed by atoms with Gasteiger partial charge in [-0.2, -0.15) is 0 Å². The zero-order valence-electron chi connectivity index (χ0n) is 4.94. The minimum Gasteiger partial charge on any atom is -0.367 e. The van der Waals surface area contributed by atoms with Gasteiger partial charge in [0.1, 0.15) is 5.60 Å². The van der Waals surface area contributed by atoms with Gasteiger partial charge in [0.15, 0.2) is 0 Å². The van der Waals surface area contributed by atoms with Crippen LogP contribution in [0.3, 0.4) is 0 Å². The van der Waals surface area contributed by atoms with E-state index in [0.717, 1.165) is 12.8 Å². The van der Waals surface area contributed by atoms with Crippen LogP contribution < -0.4 is 0 Å². The highest BCUT2D eigenvalue weighted by Crippen LogP contribution is 2.36. The van der Waals surface area contributed by atoms with E-state index in [2.05, 4.69) is 0 Å². The third kappa shape index (κ3) is 0.892. The summed E-state index contributed by atoms with van der Waals surface area (Å²) in [5.41, 5.74) is -0.464. The van der Waals surface area contributed by atoms with E-state index in [1.54, 1.807) is 0 Å². The van der Waals surface area contributed by atoms with Crippen LogP contribution in [0.15, 0.2) is 0 Å². The van der Waals surface area contributed by atoms with Crippen molar-refractivity contribution in [1.82, 2.24) is 0 Å². The van der Waals surface area contributed by atoms with Crippen molar-refractivity contribution in [3.8, 4) is 0 Å². The van der Waals surface area contributed by atoms with E-state index in [9.17, 15) is 4.79 Å². The monoisotopic (exact) mass is 113 g/mol. The van der Waals surface area contributed by atoms with Crippen molar-refractivity contribution in [3.63, 3.8) is 0 Å². The second kappa shape index (κ2) is 1.86. The molecule has 2 nitrogen and oxygen atoms in total. The Balaban J connectivity index is 2.30. The van der Waals surface area contributed by atoms with E-state index in [-0.39, 0.29) is 0 Å². The van der Waals surface area contributed by atoms with Crippen LogP contribution in [0.5, 0.6) is 0 Å². The molecule has 0 aliphatic heterocycles. The van der Waals surface area contributed by atoms with Crippen LogP contribution in [0.4, 0.5) is 0 Å². The molecule has 1 aliphatic carbocycles. The minimum absolute atomic E-state index is 0.464. The quantitative estimate of drug-likeness (QED) is 0.537. The smallest absolute Gasteiger partial charge is 0.233 e. The molecule has 8 heavy (non-hydrogen) atoms. The Morgan fingerprint density at radius 1 is 1.75 bits per heavy atom. The van der Waals surface area contributed by atoms with E-state index in [1.165, 1.54) is 0 Å². The zero-order valence-corrected chi connectivity index (χ0v) is 4.94. The number of ether oxygens (including phenoxy) is 1. The van der Waals surface area contributed by atoms with Gasteiger partial charge in [0, 0.05) is 6.61 Å². The van der Waals surface area contributed by atoms with E-state index in [1.807, 2.05) is 13.2 Å². The Morgan fingerprint density at radius 3 is 2.50 bits per heavy atom. The molecule has 1 aliphatic rings. The molecule has 1 radical (unpaired) electrons. The van der Waals surface area contributed by atoms with Crippen LogP contribution in [0, 0.1) is 0 Å². The predicted octanol–water partition coefficient (Wildman–Crippen LogP) is 0.665. The van der Waals surface area contributed by atoms with Crippen LogP contribution >= 0.6 is 0 Å². The summed E-state index contributed by atoms with van der Waals surface area (Å²) in [7, 11) is 0. The van der Waals surface area contributed by atoms with Gasteiger partial charge in [-0.1, -0.05) is 0 Å². The summed E-state index contributed by atoms with van der Waals surface area (Å²) >= 11 is 0. The standard InChI is InChI=1S/C6H9O2/c1-2-8-6(5-7)3-4-6/h2-4H2,1H3. The summed E-state index contributed by atoms with van der Waals surface area (Å²) in [5.74, 6) is 0. The molecular formula is C6H9O2. The molecule has 0 aromatic heterocycles. The third-order valence-electron chi connectivity index (χ3n) is 1.31. The van der Waals surface area contributed by atoms with Crippen molar-refractivity contribution in [2.45, 2.75) is 25.4 Å². The van der Waals surface area contributed by atoms with E-state index >= 15 is 0 Å². The van der Waals surface area contributed by atoms with Gasteiger partial charge in [0.25, 0.3) is 0 Å². The first-order valence-electron chi connectivity index (χ1n) is 2.86. The topological polar surface area (TPSA) is 26.3 Å². The lowest BCUT2D eigenvalue weighted by Gasteiger charge is -2.02. The van der Waals surface area contributed by atoms with Crippen molar-refractivity contribution < 1.29 is 9.53 Å². The molecule has 0 atom stereocenters. The van der Waals surface area contributed by atoms with Crippen molar-refractivity contribution in [3.05, 3.63) is 0 Å². The molecule has 0 heterocycles. The number of hydrogen-bond donors (Lipinski definition) is 0. The lowest BCUT2D eigenvalue weighted by Crippen LogP contribution is -2.14. The Morgan fingerprint density at radius 2 is 2.38 bits per heavy atom. The van der Waals surface area contributed by atoms with Gasteiger partial charge in [-0.25, -0.2) is 0 Å². The normalized spacial score (nSPS) is 22.6. The van der Waals surface area contributed by atoms with Gasteiger partial charge in [0.2, 0.25) is 6.29 Å². The predicted molar refractivity (Wildman–Crippen MR) is 29.3 cm³/mol. The van der Waals surface area contributed by atoms with Crippen molar-refractivity contribution >= 4 is 6.29 Å². The van der Waals surface area contributed by atoms with Gasteiger partial charge in [-0.15, -0.1) is 0 Å². The SMILES string of the molecule is CCOC1([C]=O)CC1. The molecule has 0 unspecified atom stereocenters. The summed E-state index contributed by atoms with van der Waals surface area (Å²) in [5, 5.41) is 0. The molecule has 0 amide bonds. The number of hydrogen-bond acceptors (Lipinski definition) is 2. The highest BCUT2D eigenvalue weighted by molar-refractivity contribution is 5.67. The van der Waals surface area contributed by atoms with Gasteiger partial charge < -0.3 is 4.74 Å². The maximum Gasteiger partial charge on any atom is 0.233 e. The molecule has 0 spiro atoms. The maximum atomic E-state index is 10.0. The Labute approximate surface area is 48.8 Å². The fourth-order valence-electron chi connectivity index (χ4n) is 0.666. The second-order valence-corrected chi connectivity index (χ2v) is 2.03. The van der Waals surface area contributed by atoms with Crippen LogP contribution in [0.1, 0.15) is 19.8 Å². The lowest BCUT2D eigenvalue weighted by molar-refractivity contribution is 0.0894. The third-order valence-corrected chi connectivity index (χ3v) is 1.31. The molecule has 0 bridgehead atoms. The molecule has 45 valence electrons. The summed E-state index contributed by atoms with van der Waals surface area (Å²) in [4.78, 5) is 10.0. The molecule has 0 aromatic carbocycles. The first kappa shape index (κ1) is 5.76. The van der Waals surface area contributed by atoms with Gasteiger partial charge >= 0.3 is 0 Å². The average molecular weight is 113 g/mol. The average Bonchev–Trinajstić information content (AvgIpc) is 2.50. The van der Waals surface area contributed by atoms with E-state index in [0.29, 0.717) is 6.61 Å². The first-order valence-corrected chi connectivity index (χ1v) is 2.86. The molecule has 1 fully saturated rings. The largest absolute Gasteiger partial charge is 0.367 e. The van der Waals surface area contributed by atoms with Crippen molar-refractivity contribution in [1.29, 1.82) is 0 Å². The van der Waals surface area contributed by atoms with E-state index < -0.39 is 5.60 Å². The zero-order chi connectivity index (χ0) is 6.04. The molecule has 0 saturated heterocycles. The minimum atomic E-state index is -0.464. The van der Waals surface area contributed by atoms with Gasteiger partial charge in [-0.05, 0) is 19.8 Å². The van der Waals surface area contributed by atoms with Crippen LogP contribution in [0.25, 0.3) is 0 Å². The number of carbonyl (C=O) groups excluding carboxylic acids is 1. The van der Waals surface area contributed by atoms with Gasteiger partial charge in [-0.3, -0.25) is 4.79 Å². The van der Waals surface area contributed by atoms with Crippen LogP contribution in [-0.2, 0) is 9.53 Å². The molecule has 0 aromatic rings. The van der Waals surface area contributed by atoms with Crippen molar-refractivity contribution in [2.75, 3.05) is 6.61 Å². The fourth-order valence-corrected chi connectivity index (χ4v) is 0.666. The second-order valence-electron chi connectivity index (χ2n) is 2.03. The Hall–Kier alpha value is -0.370. The molecular weight excluding hydrogens is 104 g/mol. The summed E-state index contributed by atoms with van der Waals surface area (Å²) in [6.07, 6.45) is 3.61. The maximum absolute atomic E-state index is 10.0. The van der Waals surface area contributed by atoms with E-state index in [4.69, 9.17) is 4.74 Å². The van der Waals surface area contributed by atoms with Crippen LogP contribution in [0.2, 0.25) is 0 Å². The Kier molecular flexibility index (Phi) is 1.34. The molecule has 2 heteroatoms. The first-order chi connectivity index (χ1) is 3.83. The van der Waals surface area contributed by atoms with Crippen LogP contribution in [-0.4, -0.2) is 18.5 Å². The highest BCUT2D eigenvalue weighted by Gasteiger charge is 2.44. The molecule has 0 N–H and O–H groups in total. The Bertz CT molecular complexity index is 94.7. The number of rotatable bonds is 3. The summed E-state index contributed by atoms with van der Waals surface area (Å²) in [6, 6.07) is 0. The fraction of sp³-hybridized carbons (Fsp3) is 0.833.